The molecule has 64 heavy (non-hydrogen) atoms. The molecule has 9 heteroatoms. The number of allylic oxidation sites excluding steroid dienone is 8. The van der Waals surface area contributed by atoms with Gasteiger partial charge in [0.25, 0.3) is 6.29 Å². The number of carbonyl (C=O) groups is 3. The van der Waals surface area contributed by atoms with Crippen molar-refractivity contribution in [3.63, 3.8) is 0 Å². The minimum Gasteiger partial charge on any atom is -0.477 e. The van der Waals surface area contributed by atoms with Crippen LogP contribution in [0, 0.1) is 0 Å². The van der Waals surface area contributed by atoms with E-state index in [1.54, 1.807) is 0 Å². The lowest BCUT2D eigenvalue weighted by atomic mass is 10.0. The number of ether oxygens (including phenoxy) is 4. The molecular formula is C55H100NO8+. The maximum atomic E-state index is 12.8. The highest BCUT2D eigenvalue weighted by Gasteiger charge is 2.25. The third-order valence-electron chi connectivity index (χ3n) is 11.3. The molecule has 1 N–H and O–H groups in total. The Morgan fingerprint density at radius 1 is 0.484 bits per heavy atom. The molecule has 0 bridgehead atoms. The Balaban J connectivity index is 4.26. The second-order valence-corrected chi connectivity index (χ2v) is 18.8. The quantitative estimate of drug-likeness (QED) is 0.0211. The number of rotatable bonds is 48. The van der Waals surface area contributed by atoms with E-state index in [4.69, 9.17) is 18.9 Å². The van der Waals surface area contributed by atoms with Crippen molar-refractivity contribution in [3.8, 4) is 0 Å². The third-order valence-corrected chi connectivity index (χ3v) is 11.3. The fourth-order valence-electron chi connectivity index (χ4n) is 7.30. The number of quaternary nitrogens is 1. The van der Waals surface area contributed by atoms with Gasteiger partial charge in [-0.05, 0) is 51.4 Å². The minimum atomic E-state index is -1.51. The van der Waals surface area contributed by atoms with Crippen LogP contribution in [0.15, 0.2) is 48.6 Å². The average Bonchev–Trinajstić information content (AvgIpc) is 3.26. The van der Waals surface area contributed by atoms with Crippen molar-refractivity contribution in [3.05, 3.63) is 48.6 Å². The van der Waals surface area contributed by atoms with Crippen LogP contribution >= 0.6 is 0 Å². The summed E-state index contributed by atoms with van der Waals surface area (Å²) < 4.78 is 22.8. The first-order valence-electron chi connectivity index (χ1n) is 26.3. The lowest BCUT2D eigenvalue weighted by Gasteiger charge is -2.25. The number of hydrogen-bond acceptors (Lipinski definition) is 7. The van der Waals surface area contributed by atoms with Gasteiger partial charge in [0.15, 0.2) is 6.10 Å². The van der Waals surface area contributed by atoms with E-state index in [0.717, 1.165) is 64.2 Å². The molecule has 0 rings (SSSR count). The number of esters is 2. The van der Waals surface area contributed by atoms with Crippen LogP contribution in [0.5, 0.6) is 0 Å². The van der Waals surface area contributed by atoms with Crippen LogP contribution in [0.4, 0.5) is 0 Å². The van der Waals surface area contributed by atoms with Gasteiger partial charge in [-0.2, -0.15) is 0 Å². The monoisotopic (exact) mass is 903 g/mol. The van der Waals surface area contributed by atoms with Crippen LogP contribution in [0.2, 0.25) is 0 Å². The van der Waals surface area contributed by atoms with Gasteiger partial charge in [-0.1, -0.05) is 210 Å². The molecule has 0 saturated carbocycles. The molecule has 0 aromatic carbocycles. The Bertz CT molecular complexity index is 1190. The number of nitrogens with zero attached hydrogens (tertiary/aromatic N) is 1. The largest absolute Gasteiger partial charge is 0.477 e. The van der Waals surface area contributed by atoms with Gasteiger partial charge in [0, 0.05) is 12.8 Å². The molecule has 0 saturated heterocycles. The van der Waals surface area contributed by atoms with Crippen molar-refractivity contribution in [2.75, 3.05) is 47.5 Å². The Labute approximate surface area is 393 Å². The molecule has 2 unspecified atom stereocenters. The SMILES string of the molecule is CC/C=C\C/C=C\C/C=C\C/C=C\CCCCCCCCCCCCCCC(=O)OC(COC(=O)CCCCCCCCCCCCCCCC)COC(OCC[N+](C)(C)C)C(=O)O. The van der Waals surface area contributed by atoms with E-state index in [2.05, 4.69) is 62.5 Å². The van der Waals surface area contributed by atoms with Crippen LogP contribution in [0.25, 0.3) is 0 Å². The molecule has 0 aliphatic carbocycles. The summed E-state index contributed by atoms with van der Waals surface area (Å²) in [4.78, 5) is 37.3. The number of carboxylic acid groups (broad SMARTS) is 1. The van der Waals surface area contributed by atoms with E-state index in [9.17, 15) is 19.5 Å². The highest BCUT2D eigenvalue weighted by atomic mass is 16.7. The highest BCUT2D eigenvalue weighted by Crippen LogP contribution is 2.16. The predicted octanol–water partition coefficient (Wildman–Crippen LogP) is 14.7. The predicted molar refractivity (Wildman–Crippen MR) is 267 cm³/mol. The van der Waals surface area contributed by atoms with Gasteiger partial charge >= 0.3 is 17.9 Å². The second-order valence-electron chi connectivity index (χ2n) is 18.8. The number of unbranched alkanes of at least 4 members (excludes halogenated alkanes) is 25. The van der Waals surface area contributed by atoms with E-state index in [1.807, 2.05) is 21.1 Å². The van der Waals surface area contributed by atoms with Gasteiger partial charge in [0.1, 0.15) is 13.2 Å². The van der Waals surface area contributed by atoms with Crippen molar-refractivity contribution in [1.29, 1.82) is 0 Å². The minimum absolute atomic E-state index is 0.180. The zero-order valence-corrected chi connectivity index (χ0v) is 42.2. The summed E-state index contributed by atoms with van der Waals surface area (Å²) in [7, 11) is 5.96. The Kier molecular flexibility index (Phi) is 44.8. The number of hydrogen-bond donors (Lipinski definition) is 1. The number of carboxylic acids is 1. The molecule has 0 spiro atoms. The van der Waals surface area contributed by atoms with Crippen LogP contribution < -0.4 is 0 Å². The molecule has 0 aliphatic heterocycles. The van der Waals surface area contributed by atoms with Crippen LogP contribution in [-0.4, -0.2) is 87.4 Å². The summed E-state index contributed by atoms with van der Waals surface area (Å²) in [6.07, 6.45) is 53.2. The first-order chi connectivity index (χ1) is 31.1. The fraction of sp³-hybridized carbons (Fsp3) is 0.800. The zero-order valence-electron chi connectivity index (χ0n) is 42.2. The summed E-state index contributed by atoms with van der Waals surface area (Å²) in [5.41, 5.74) is 0. The van der Waals surface area contributed by atoms with Crippen molar-refractivity contribution in [2.45, 2.75) is 238 Å². The van der Waals surface area contributed by atoms with E-state index >= 15 is 0 Å². The van der Waals surface area contributed by atoms with Crippen LogP contribution in [0.1, 0.15) is 226 Å². The van der Waals surface area contributed by atoms with Crippen LogP contribution in [-0.2, 0) is 33.3 Å². The Hall–Kier alpha value is -2.75. The number of likely N-dealkylation sites (N-methyl/N-ethyl adjacent to an activating group) is 1. The Morgan fingerprint density at radius 2 is 0.891 bits per heavy atom. The van der Waals surface area contributed by atoms with E-state index in [0.29, 0.717) is 17.4 Å². The topological polar surface area (TPSA) is 108 Å². The molecule has 2 atom stereocenters. The first kappa shape index (κ1) is 61.2. The van der Waals surface area contributed by atoms with Crippen molar-refractivity contribution < 1.29 is 42.9 Å². The lowest BCUT2D eigenvalue weighted by Crippen LogP contribution is -2.40. The summed E-state index contributed by atoms with van der Waals surface area (Å²) >= 11 is 0. The number of carbonyl (C=O) groups excluding carboxylic acids is 2. The molecule has 0 radical (unpaired) electrons. The van der Waals surface area contributed by atoms with Gasteiger partial charge < -0.3 is 28.5 Å². The normalized spacial score (nSPS) is 13.2. The maximum Gasteiger partial charge on any atom is 0.361 e. The standard InChI is InChI=1S/C55H99NO8/c1-6-8-10-12-14-16-18-20-22-23-24-25-26-27-28-29-30-31-32-34-36-38-40-42-44-46-53(58)64-51(50-63-55(54(59)60)61-48-47-56(3,4)5)49-62-52(57)45-43-41-39-37-35-33-21-19-17-15-13-11-9-7-2/h8,10,14,16,20,22,24-25,51,55H,6-7,9,11-13,15,17-19,21,23,26-50H2,1-5H3/p+1/b10-8-,16-14-,22-20-,25-24-. The molecular weight excluding hydrogens is 803 g/mol. The summed E-state index contributed by atoms with van der Waals surface area (Å²) in [5, 5.41) is 9.67. The smallest absolute Gasteiger partial charge is 0.361 e. The summed E-state index contributed by atoms with van der Waals surface area (Å²) in [6.45, 7) is 4.78. The van der Waals surface area contributed by atoms with Gasteiger partial charge in [0.05, 0.1) is 34.4 Å². The first-order valence-corrected chi connectivity index (χ1v) is 26.3. The molecule has 9 nitrogen and oxygen atoms in total. The second kappa shape index (κ2) is 46.8. The van der Waals surface area contributed by atoms with E-state index in [1.165, 1.54) is 135 Å². The number of aliphatic carboxylic acids is 1. The molecule has 372 valence electrons. The van der Waals surface area contributed by atoms with Crippen LogP contribution in [0.3, 0.4) is 0 Å². The van der Waals surface area contributed by atoms with E-state index < -0.39 is 24.3 Å². The molecule has 0 aromatic heterocycles. The summed E-state index contributed by atoms with van der Waals surface area (Å²) in [6, 6.07) is 0. The van der Waals surface area contributed by atoms with Crippen molar-refractivity contribution in [1.82, 2.24) is 0 Å². The highest BCUT2D eigenvalue weighted by molar-refractivity contribution is 5.71. The van der Waals surface area contributed by atoms with Gasteiger partial charge in [-0.15, -0.1) is 0 Å². The summed E-state index contributed by atoms with van der Waals surface area (Å²) in [5.74, 6) is -2.00. The van der Waals surface area contributed by atoms with Crippen molar-refractivity contribution in [2.24, 2.45) is 0 Å². The zero-order chi connectivity index (χ0) is 47.0. The van der Waals surface area contributed by atoms with E-state index in [-0.39, 0.29) is 32.2 Å². The van der Waals surface area contributed by atoms with Crippen molar-refractivity contribution >= 4 is 17.9 Å². The fourth-order valence-corrected chi connectivity index (χ4v) is 7.30. The van der Waals surface area contributed by atoms with Gasteiger partial charge in [-0.25, -0.2) is 4.79 Å². The van der Waals surface area contributed by atoms with Gasteiger partial charge in [-0.3, -0.25) is 9.59 Å². The molecule has 0 heterocycles. The molecule has 0 amide bonds. The van der Waals surface area contributed by atoms with Gasteiger partial charge in [0.2, 0.25) is 0 Å². The maximum absolute atomic E-state index is 12.8. The molecule has 0 aromatic rings. The molecule has 0 aliphatic rings. The average molecular weight is 903 g/mol. The third kappa shape index (κ3) is 47.2. The lowest BCUT2D eigenvalue weighted by molar-refractivity contribution is -0.870. The Morgan fingerprint density at radius 3 is 1.33 bits per heavy atom. The molecule has 0 fully saturated rings.